The summed E-state index contributed by atoms with van der Waals surface area (Å²) in [6.45, 7) is -1.12. The van der Waals surface area contributed by atoms with Gasteiger partial charge in [-0.3, -0.25) is 9.59 Å². The first kappa shape index (κ1) is 12.9. The van der Waals surface area contributed by atoms with E-state index in [9.17, 15) is 23.2 Å². The molecule has 0 aromatic heterocycles. The third-order valence-corrected chi connectivity index (χ3v) is 2.51. The lowest BCUT2D eigenvalue weighted by atomic mass is 10.2. The number of benzene rings is 1. The zero-order valence-electron chi connectivity index (χ0n) is 9.47. The molecule has 0 bridgehead atoms. The maximum atomic E-state index is 13.5. The lowest BCUT2D eigenvalue weighted by molar-refractivity contribution is -0.137. The summed E-state index contributed by atoms with van der Waals surface area (Å²) in [7, 11) is 0. The molecule has 0 atom stereocenters. The number of carbonyl (C=O) groups excluding carboxylic acids is 2. The maximum Gasteiger partial charge on any atom is 0.332 e. The summed E-state index contributed by atoms with van der Waals surface area (Å²) in [5, 5.41) is 8.58. The molecule has 19 heavy (non-hydrogen) atoms. The summed E-state index contributed by atoms with van der Waals surface area (Å²) in [5.74, 6) is -3.97. The van der Waals surface area contributed by atoms with Gasteiger partial charge in [0.05, 0.1) is 5.69 Å². The average molecular weight is 270 g/mol. The molecule has 2 rings (SSSR count). The van der Waals surface area contributed by atoms with Crippen molar-refractivity contribution in [3.63, 3.8) is 0 Å². The Morgan fingerprint density at radius 3 is 2.58 bits per heavy atom. The van der Waals surface area contributed by atoms with E-state index in [0.29, 0.717) is 11.0 Å². The SMILES string of the molecule is O=C(O)CN1CC(=O)N(c2ccc(F)cc2F)C1=O. The molecule has 100 valence electrons. The van der Waals surface area contributed by atoms with Crippen LogP contribution in [0.5, 0.6) is 0 Å². The predicted octanol–water partition coefficient (Wildman–Crippen LogP) is 0.818. The molecule has 0 saturated carbocycles. The summed E-state index contributed by atoms with van der Waals surface area (Å²) < 4.78 is 26.3. The van der Waals surface area contributed by atoms with Crippen LogP contribution in [0.1, 0.15) is 0 Å². The van der Waals surface area contributed by atoms with Crippen LogP contribution in [0.4, 0.5) is 19.3 Å². The van der Waals surface area contributed by atoms with E-state index >= 15 is 0 Å². The molecule has 1 saturated heterocycles. The molecule has 3 amide bonds. The Morgan fingerprint density at radius 1 is 1.32 bits per heavy atom. The van der Waals surface area contributed by atoms with Crippen molar-refractivity contribution in [2.75, 3.05) is 18.0 Å². The molecule has 1 aromatic carbocycles. The Morgan fingerprint density at radius 2 is 2.00 bits per heavy atom. The van der Waals surface area contributed by atoms with Gasteiger partial charge < -0.3 is 10.0 Å². The fourth-order valence-electron chi connectivity index (χ4n) is 1.74. The fourth-order valence-corrected chi connectivity index (χ4v) is 1.74. The van der Waals surface area contributed by atoms with Gasteiger partial charge in [-0.1, -0.05) is 0 Å². The molecule has 0 unspecified atom stereocenters. The minimum absolute atomic E-state index is 0.399. The number of anilines is 1. The van der Waals surface area contributed by atoms with Crippen LogP contribution >= 0.6 is 0 Å². The summed E-state index contributed by atoms with van der Waals surface area (Å²) in [6, 6.07) is 1.44. The number of halogens is 2. The summed E-state index contributed by atoms with van der Waals surface area (Å²) >= 11 is 0. The van der Waals surface area contributed by atoms with Gasteiger partial charge in [-0.25, -0.2) is 18.5 Å². The van der Waals surface area contributed by atoms with E-state index in [1.165, 1.54) is 0 Å². The van der Waals surface area contributed by atoms with Crippen molar-refractivity contribution in [2.45, 2.75) is 0 Å². The van der Waals surface area contributed by atoms with E-state index in [2.05, 4.69) is 0 Å². The third-order valence-electron chi connectivity index (χ3n) is 2.51. The molecule has 0 aliphatic carbocycles. The lowest BCUT2D eigenvalue weighted by Gasteiger charge is -2.16. The highest BCUT2D eigenvalue weighted by atomic mass is 19.1. The van der Waals surface area contributed by atoms with Gasteiger partial charge in [-0.15, -0.1) is 0 Å². The topological polar surface area (TPSA) is 77.9 Å². The molecule has 1 N–H and O–H groups in total. The minimum Gasteiger partial charge on any atom is -0.480 e. The van der Waals surface area contributed by atoms with Crippen molar-refractivity contribution in [3.8, 4) is 0 Å². The monoisotopic (exact) mass is 270 g/mol. The highest BCUT2D eigenvalue weighted by molar-refractivity contribution is 6.20. The molecule has 1 aliphatic heterocycles. The van der Waals surface area contributed by atoms with Gasteiger partial charge in [0.1, 0.15) is 24.7 Å². The van der Waals surface area contributed by atoms with Crippen LogP contribution in [-0.2, 0) is 9.59 Å². The van der Waals surface area contributed by atoms with Gasteiger partial charge in [-0.2, -0.15) is 0 Å². The zero-order valence-corrected chi connectivity index (χ0v) is 9.47. The molecule has 0 spiro atoms. The normalized spacial score (nSPS) is 15.3. The number of imide groups is 1. The number of aliphatic carboxylic acids is 1. The van der Waals surface area contributed by atoms with Gasteiger partial charge in [0.15, 0.2) is 0 Å². The first-order chi connectivity index (χ1) is 8.90. The molecule has 1 heterocycles. The van der Waals surface area contributed by atoms with Gasteiger partial charge in [0.25, 0.3) is 5.91 Å². The van der Waals surface area contributed by atoms with Crippen LogP contribution in [0.2, 0.25) is 0 Å². The Bertz CT molecular complexity index is 576. The Balaban J connectivity index is 2.32. The third kappa shape index (κ3) is 2.37. The number of carboxylic acid groups (broad SMARTS) is 1. The van der Waals surface area contributed by atoms with Crippen LogP contribution in [0.15, 0.2) is 18.2 Å². The number of carbonyl (C=O) groups is 3. The first-order valence-corrected chi connectivity index (χ1v) is 5.19. The largest absolute Gasteiger partial charge is 0.480 e. The maximum absolute atomic E-state index is 13.5. The van der Waals surface area contributed by atoms with Gasteiger partial charge in [-0.05, 0) is 12.1 Å². The van der Waals surface area contributed by atoms with Crippen LogP contribution in [0.25, 0.3) is 0 Å². The van der Waals surface area contributed by atoms with Crippen LogP contribution in [0, 0.1) is 11.6 Å². The van der Waals surface area contributed by atoms with Crippen LogP contribution < -0.4 is 4.90 Å². The molecule has 6 nitrogen and oxygen atoms in total. The first-order valence-electron chi connectivity index (χ1n) is 5.19. The van der Waals surface area contributed by atoms with Crippen molar-refractivity contribution in [1.29, 1.82) is 0 Å². The van der Waals surface area contributed by atoms with Crippen LogP contribution in [0.3, 0.4) is 0 Å². The van der Waals surface area contributed by atoms with Crippen molar-refractivity contribution in [3.05, 3.63) is 29.8 Å². The molecule has 1 fully saturated rings. The van der Waals surface area contributed by atoms with E-state index in [4.69, 9.17) is 5.11 Å². The van der Waals surface area contributed by atoms with Crippen molar-refractivity contribution >= 4 is 23.6 Å². The molecule has 8 heteroatoms. The molecular formula is C11H8F2N2O4. The second-order valence-corrected chi connectivity index (χ2v) is 3.86. The summed E-state index contributed by atoms with van der Waals surface area (Å²) in [4.78, 5) is 35.2. The zero-order chi connectivity index (χ0) is 14.2. The number of nitrogens with zero attached hydrogens (tertiary/aromatic N) is 2. The van der Waals surface area contributed by atoms with Crippen molar-refractivity contribution < 1.29 is 28.3 Å². The summed E-state index contributed by atoms with van der Waals surface area (Å²) in [5.41, 5.74) is -0.399. The standard InChI is InChI=1S/C11H8F2N2O4/c12-6-1-2-8(7(13)3-6)15-9(16)4-14(11(15)19)5-10(17)18/h1-3H,4-5H2,(H,17,18). The number of amides is 3. The van der Waals surface area contributed by atoms with E-state index < -0.39 is 48.3 Å². The number of carboxylic acids is 1. The average Bonchev–Trinajstić information content (AvgIpc) is 2.55. The Kier molecular flexibility index (Phi) is 3.16. The van der Waals surface area contributed by atoms with E-state index in [1.54, 1.807) is 0 Å². The molecule has 1 aliphatic rings. The molecule has 0 radical (unpaired) electrons. The van der Waals surface area contributed by atoms with Gasteiger partial charge >= 0.3 is 12.0 Å². The van der Waals surface area contributed by atoms with E-state index in [1.807, 2.05) is 0 Å². The second kappa shape index (κ2) is 4.63. The van der Waals surface area contributed by atoms with Crippen LogP contribution in [-0.4, -0.2) is 41.0 Å². The van der Waals surface area contributed by atoms with Gasteiger partial charge in [0.2, 0.25) is 0 Å². The highest BCUT2D eigenvalue weighted by Gasteiger charge is 2.39. The Labute approximate surface area is 105 Å². The van der Waals surface area contributed by atoms with Crippen molar-refractivity contribution in [2.24, 2.45) is 0 Å². The number of urea groups is 1. The highest BCUT2D eigenvalue weighted by Crippen LogP contribution is 2.24. The molecular weight excluding hydrogens is 262 g/mol. The van der Waals surface area contributed by atoms with Crippen molar-refractivity contribution in [1.82, 2.24) is 4.90 Å². The fraction of sp³-hybridized carbons (Fsp3) is 0.182. The molecule has 1 aromatic rings. The predicted molar refractivity (Wildman–Crippen MR) is 58.4 cm³/mol. The lowest BCUT2D eigenvalue weighted by Crippen LogP contribution is -2.36. The smallest absolute Gasteiger partial charge is 0.332 e. The quantitative estimate of drug-likeness (QED) is 0.825. The van der Waals surface area contributed by atoms with E-state index in [-0.39, 0.29) is 0 Å². The number of rotatable bonds is 3. The second-order valence-electron chi connectivity index (χ2n) is 3.86. The number of hydrogen-bond acceptors (Lipinski definition) is 3. The van der Waals surface area contributed by atoms with Gasteiger partial charge in [0, 0.05) is 6.07 Å². The number of hydrogen-bond donors (Lipinski definition) is 1. The van der Waals surface area contributed by atoms with E-state index in [0.717, 1.165) is 17.0 Å². The summed E-state index contributed by atoms with van der Waals surface area (Å²) in [6.07, 6.45) is 0. The Hall–Kier alpha value is -2.51. The minimum atomic E-state index is -1.29.